The van der Waals surface area contributed by atoms with E-state index in [0.717, 1.165) is 56.5 Å². The van der Waals surface area contributed by atoms with Gasteiger partial charge in [-0.05, 0) is 129 Å². The number of hydrogen-bond donors (Lipinski definition) is 0. The molecule has 10 nitrogen and oxygen atoms in total. The molecule has 0 unspecified atom stereocenters. The van der Waals surface area contributed by atoms with Crippen molar-refractivity contribution in [3.8, 4) is 28.7 Å². The monoisotopic (exact) mass is 1130 g/mol. The quantitative estimate of drug-likeness (QED) is 0.0722. The standard InChI is InChI=1S/C17H12F8O2.C13H12O2.C12H12O2.C10H9ClO2.C9H10O2/c1-9(26)10-2-3-12-7-13(5-4-11(12)6-10)27-8-15(20,21)17(24,25)16(22,23)14(18)19;1-9(14)10-3-4-12-8-13(15-2)6-5-11(12)7-10;1-13-11-7-8-12(14-2)10-6-4-3-5-9(10)11;1-6(12)8-3-4-9(7(2)13)10(11)5-8;1-7(10)8-5-3-4-6-9(8)11-2/h2-7,14H,8H2,1H3;3-8H,1-2H3;3-8H,1-2H3;3-5H,1-2H3;3-6H,1-2H3. The summed E-state index contributed by atoms with van der Waals surface area (Å²) in [4.78, 5) is 55.3. The van der Waals surface area contributed by atoms with E-state index >= 15 is 0 Å². The molecule has 0 aliphatic heterocycles. The largest absolute Gasteiger partial charge is 0.497 e. The second-order valence-electron chi connectivity index (χ2n) is 17.3. The van der Waals surface area contributed by atoms with E-state index in [1.165, 1.54) is 58.0 Å². The molecule has 0 aromatic heterocycles. The van der Waals surface area contributed by atoms with Gasteiger partial charge in [0.15, 0.2) is 35.5 Å². The molecule has 0 aliphatic carbocycles. The lowest BCUT2D eigenvalue weighted by atomic mass is 10.0. The number of para-hydroxylation sites is 1. The summed E-state index contributed by atoms with van der Waals surface area (Å²) in [5.74, 6) is -15.5. The Morgan fingerprint density at radius 1 is 0.438 bits per heavy atom. The number of benzene rings is 8. The summed E-state index contributed by atoms with van der Waals surface area (Å²) >= 11 is 5.80. The number of rotatable bonds is 15. The lowest BCUT2D eigenvalue weighted by Gasteiger charge is -2.32. The molecule has 0 saturated heterocycles. The maximum atomic E-state index is 13.5. The number of ketones is 5. The molecule has 0 saturated carbocycles. The number of halogens is 9. The Morgan fingerprint density at radius 2 is 0.838 bits per heavy atom. The van der Waals surface area contributed by atoms with Gasteiger partial charge in [-0.2, -0.15) is 26.3 Å². The van der Waals surface area contributed by atoms with Crippen molar-refractivity contribution < 1.29 is 82.8 Å². The van der Waals surface area contributed by atoms with E-state index in [0.29, 0.717) is 43.8 Å². The van der Waals surface area contributed by atoms with Crippen LogP contribution in [0.4, 0.5) is 35.1 Å². The fraction of sp³-hybridized carbons (Fsp3) is 0.230. The van der Waals surface area contributed by atoms with E-state index < -0.39 is 30.8 Å². The van der Waals surface area contributed by atoms with Gasteiger partial charge in [0.25, 0.3) is 0 Å². The van der Waals surface area contributed by atoms with E-state index in [2.05, 4.69) is 4.74 Å². The van der Waals surface area contributed by atoms with E-state index in [-0.39, 0.29) is 34.7 Å². The average Bonchev–Trinajstić information content (AvgIpc) is 3.60. The van der Waals surface area contributed by atoms with Crippen molar-refractivity contribution in [1.29, 1.82) is 0 Å². The molecule has 0 amide bonds. The second kappa shape index (κ2) is 28.5. The summed E-state index contributed by atoms with van der Waals surface area (Å²) < 4.78 is 128. The number of alkyl halides is 8. The molecule has 0 radical (unpaired) electrons. The Kier molecular flexibility index (Phi) is 22.8. The molecule has 0 bridgehead atoms. The molecular weight excluding hydrogens is 1080 g/mol. The molecule has 8 aromatic rings. The third-order valence-corrected chi connectivity index (χ3v) is 12.1. The number of carbonyl (C=O) groups is 5. The highest BCUT2D eigenvalue weighted by Crippen LogP contribution is 2.48. The maximum Gasteiger partial charge on any atom is 0.381 e. The van der Waals surface area contributed by atoms with E-state index in [1.54, 1.807) is 59.6 Å². The number of hydrogen-bond acceptors (Lipinski definition) is 10. The van der Waals surface area contributed by atoms with Crippen molar-refractivity contribution in [1.82, 2.24) is 0 Å². The first-order valence-corrected chi connectivity index (χ1v) is 24.2. The van der Waals surface area contributed by atoms with Gasteiger partial charge >= 0.3 is 24.2 Å². The van der Waals surface area contributed by atoms with Crippen LogP contribution in [-0.4, -0.2) is 88.2 Å². The summed E-state index contributed by atoms with van der Waals surface area (Å²) in [5, 5.41) is 5.54. The topological polar surface area (TPSA) is 132 Å². The normalized spacial score (nSPS) is 11.0. The summed E-state index contributed by atoms with van der Waals surface area (Å²) in [6.45, 7) is 5.09. The summed E-state index contributed by atoms with van der Waals surface area (Å²) in [6.07, 6.45) is -4.98. The van der Waals surface area contributed by atoms with Crippen molar-refractivity contribution in [2.24, 2.45) is 0 Å². The van der Waals surface area contributed by atoms with Crippen molar-refractivity contribution in [3.63, 3.8) is 0 Å². The van der Waals surface area contributed by atoms with Gasteiger partial charge in [0.1, 0.15) is 28.7 Å². The molecule has 0 heterocycles. The number of Topliss-reactive ketones (excluding diaryl/α,β-unsaturated/α-hetero) is 5. The number of ether oxygens (including phenoxy) is 5. The van der Waals surface area contributed by atoms with Crippen LogP contribution < -0.4 is 23.7 Å². The fourth-order valence-electron chi connectivity index (χ4n) is 7.30. The Bertz CT molecular complexity index is 3450. The Balaban J connectivity index is 0.000000225. The minimum Gasteiger partial charge on any atom is -0.497 e. The zero-order valence-electron chi connectivity index (χ0n) is 44.7. The number of methoxy groups -OCH3 is 4. The van der Waals surface area contributed by atoms with Gasteiger partial charge < -0.3 is 23.7 Å². The molecule has 0 atom stereocenters. The van der Waals surface area contributed by atoms with E-state index in [9.17, 15) is 59.1 Å². The lowest BCUT2D eigenvalue weighted by molar-refractivity contribution is -0.342. The van der Waals surface area contributed by atoms with Gasteiger partial charge in [0.2, 0.25) is 0 Å². The minimum atomic E-state index is -6.32. The van der Waals surface area contributed by atoms with Crippen LogP contribution in [0.25, 0.3) is 32.3 Å². The Hall–Kier alpha value is -8.38. The van der Waals surface area contributed by atoms with Gasteiger partial charge in [0, 0.05) is 33.0 Å². The van der Waals surface area contributed by atoms with Crippen LogP contribution in [0.5, 0.6) is 28.7 Å². The second-order valence-corrected chi connectivity index (χ2v) is 17.7. The van der Waals surface area contributed by atoms with Gasteiger partial charge in [-0.25, -0.2) is 8.78 Å². The van der Waals surface area contributed by atoms with Crippen LogP contribution in [-0.2, 0) is 0 Å². The third kappa shape index (κ3) is 16.3. The predicted octanol–water partition coefficient (Wildman–Crippen LogP) is 16.1. The third-order valence-electron chi connectivity index (χ3n) is 11.8. The van der Waals surface area contributed by atoms with Crippen molar-refractivity contribution in [3.05, 3.63) is 184 Å². The first-order valence-electron chi connectivity index (χ1n) is 23.9. The number of fused-ring (bicyclic) bond motifs is 3. The molecule has 0 aliphatic rings. The molecule has 8 aromatic carbocycles. The van der Waals surface area contributed by atoms with Crippen molar-refractivity contribution >= 4 is 72.8 Å². The Morgan fingerprint density at radius 3 is 1.25 bits per heavy atom. The van der Waals surface area contributed by atoms with E-state index in [4.69, 9.17) is 30.5 Å². The number of carbonyl (C=O) groups excluding carboxylic acids is 5. The molecule has 0 N–H and O–H groups in total. The summed E-state index contributed by atoms with van der Waals surface area (Å²) in [6, 6.07) is 43.2. The zero-order valence-corrected chi connectivity index (χ0v) is 45.5. The van der Waals surface area contributed by atoms with Gasteiger partial charge in [-0.15, -0.1) is 0 Å². The van der Waals surface area contributed by atoms with Crippen molar-refractivity contribution in [2.45, 2.75) is 58.8 Å². The van der Waals surface area contributed by atoms with Crippen molar-refractivity contribution in [2.75, 3.05) is 35.0 Å². The molecule has 19 heteroatoms. The van der Waals surface area contributed by atoms with Crippen LogP contribution in [0.1, 0.15) is 86.4 Å². The highest BCUT2D eigenvalue weighted by molar-refractivity contribution is 6.34. The molecular formula is C61H55ClF8O10. The van der Waals surface area contributed by atoms with Crippen LogP contribution in [0.2, 0.25) is 5.02 Å². The molecule has 80 heavy (non-hydrogen) atoms. The molecule has 0 spiro atoms. The van der Waals surface area contributed by atoms with Crippen LogP contribution >= 0.6 is 11.6 Å². The molecule has 0 fully saturated rings. The maximum absolute atomic E-state index is 13.5. The van der Waals surface area contributed by atoms with Gasteiger partial charge in [0.05, 0.1) is 39.0 Å². The van der Waals surface area contributed by atoms with Crippen LogP contribution in [0, 0.1) is 0 Å². The summed E-state index contributed by atoms with van der Waals surface area (Å²) in [5.41, 5.74) is 2.72. The first-order chi connectivity index (χ1) is 37.6. The minimum absolute atomic E-state index is 0.0300. The van der Waals surface area contributed by atoms with E-state index in [1.807, 2.05) is 84.9 Å². The van der Waals surface area contributed by atoms with Crippen LogP contribution in [0.15, 0.2) is 152 Å². The lowest BCUT2D eigenvalue weighted by Crippen LogP contribution is -2.59. The highest BCUT2D eigenvalue weighted by atomic mass is 35.5. The predicted molar refractivity (Wildman–Crippen MR) is 292 cm³/mol. The Labute approximate surface area is 461 Å². The van der Waals surface area contributed by atoms with Gasteiger partial charge in [-0.3, -0.25) is 24.0 Å². The summed E-state index contributed by atoms with van der Waals surface area (Å²) in [7, 11) is 6.55. The first kappa shape index (κ1) is 64.1. The molecule has 422 valence electrons. The smallest absolute Gasteiger partial charge is 0.381 e. The fourth-order valence-corrected chi connectivity index (χ4v) is 7.62. The van der Waals surface area contributed by atoms with Gasteiger partial charge in [-0.1, -0.05) is 90.5 Å². The highest BCUT2D eigenvalue weighted by Gasteiger charge is 2.75. The SMILES string of the molecule is CC(=O)c1ccc(C(C)=O)c(Cl)c1.CC(=O)c1ccc2cc(OCC(F)(F)C(F)(F)C(F)(F)C(F)F)ccc2c1.COc1ccc(OC)c2ccccc12.COc1ccc2cc(C(C)=O)ccc2c1.COc1ccccc1C(C)=O. The zero-order chi connectivity index (χ0) is 59.7. The van der Waals surface area contributed by atoms with Crippen LogP contribution in [0.3, 0.4) is 0 Å². The molecule has 8 rings (SSSR count). The average molecular weight is 1140 g/mol.